The summed E-state index contributed by atoms with van der Waals surface area (Å²) in [6, 6.07) is -9.60. The molecule has 0 aliphatic rings. The van der Waals surface area contributed by atoms with Crippen LogP contribution in [-0.2, 0) is 44.8 Å². The molecule has 0 unspecified atom stereocenters. The van der Waals surface area contributed by atoms with Crippen molar-refractivity contribution in [2.24, 2.45) is 29.0 Å². The summed E-state index contributed by atoms with van der Waals surface area (Å²) in [7, 11) is 0. The normalized spacial score (nSPS) is 15.6. The van der Waals surface area contributed by atoms with Gasteiger partial charge in [0.15, 0.2) is 0 Å². The third-order valence-electron chi connectivity index (χ3n) is 8.36. The Morgan fingerprint density at radius 3 is 1.76 bits per heavy atom. The van der Waals surface area contributed by atoms with E-state index in [0.29, 0.717) is 25.1 Å². The summed E-state index contributed by atoms with van der Waals surface area (Å²) in [5.41, 5.74) is 17.1. The summed E-state index contributed by atoms with van der Waals surface area (Å²) < 4.78 is 0. The minimum absolute atomic E-state index is 0.0887. The fourth-order valence-corrected chi connectivity index (χ4v) is 5.25. The third kappa shape index (κ3) is 16.6. The van der Waals surface area contributed by atoms with Gasteiger partial charge in [0.25, 0.3) is 0 Å². The Morgan fingerprint density at radius 2 is 1.27 bits per heavy atom. The van der Waals surface area contributed by atoms with Gasteiger partial charge in [0.1, 0.15) is 36.3 Å². The van der Waals surface area contributed by atoms with Crippen molar-refractivity contribution in [2.75, 3.05) is 12.3 Å². The van der Waals surface area contributed by atoms with Crippen LogP contribution in [0, 0.1) is 11.8 Å². The maximum atomic E-state index is 13.6. The Balaban J connectivity index is 3.22. The number of aliphatic hydroxyl groups excluding tert-OH is 1. The van der Waals surface area contributed by atoms with Gasteiger partial charge in [-0.15, -0.1) is 0 Å². The lowest BCUT2D eigenvalue weighted by molar-refractivity contribution is -0.143. The second-order valence-electron chi connectivity index (χ2n) is 13.7. The number of hydrogen-bond acceptors (Lipinski definition) is 13. The first kappa shape index (κ1) is 48.2. The lowest BCUT2D eigenvalue weighted by Gasteiger charge is -2.28. The molecule has 0 saturated carbocycles. The second-order valence-corrected chi connectivity index (χ2v) is 14.1. The second kappa shape index (κ2) is 23.9. The van der Waals surface area contributed by atoms with Gasteiger partial charge in [-0.2, -0.15) is 12.6 Å². The Kier molecular flexibility index (Phi) is 20.9. The number of aromatic amines is 1. The van der Waals surface area contributed by atoms with Crippen molar-refractivity contribution < 1.29 is 48.6 Å². The van der Waals surface area contributed by atoms with Gasteiger partial charge in [-0.25, -0.2) is 9.78 Å². The monoisotopic (exact) mass is 799 g/mol. The molecule has 8 atom stereocenters. The van der Waals surface area contributed by atoms with Crippen molar-refractivity contribution in [3.8, 4) is 0 Å². The van der Waals surface area contributed by atoms with Gasteiger partial charge >= 0.3 is 5.97 Å². The van der Waals surface area contributed by atoms with Crippen molar-refractivity contribution in [3.63, 3.8) is 0 Å². The summed E-state index contributed by atoms with van der Waals surface area (Å²) in [6.07, 6.45) is 1.43. The first-order chi connectivity index (χ1) is 25.7. The molecule has 0 aliphatic heterocycles. The average Bonchev–Trinajstić information content (AvgIpc) is 3.62. The molecular formula is C33H57N11O10S. The quantitative estimate of drug-likeness (QED) is 0.0331. The molecule has 0 fully saturated rings. The van der Waals surface area contributed by atoms with Gasteiger partial charge in [-0.1, -0.05) is 27.7 Å². The zero-order valence-corrected chi connectivity index (χ0v) is 32.6. The van der Waals surface area contributed by atoms with Gasteiger partial charge in [-0.05, 0) is 44.6 Å². The van der Waals surface area contributed by atoms with Crippen LogP contribution < -0.4 is 49.1 Å². The number of aliphatic hydroxyl groups is 1. The topological polar surface area (TPSA) is 356 Å². The lowest BCUT2D eigenvalue weighted by Crippen LogP contribution is -2.62. The number of nitrogens with two attached hydrogens (primary N) is 3. The molecule has 0 saturated heterocycles. The van der Waals surface area contributed by atoms with Gasteiger partial charge in [-0.3, -0.25) is 33.6 Å². The fraction of sp³-hybridized carbons (Fsp3) is 0.667. The number of aromatic nitrogens is 2. The molecule has 7 amide bonds. The maximum Gasteiger partial charge on any atom is 0.326 e. The maximum absolute atomic E-state index is 13.6. The van der Waals surface area contributed by atoms with E-state index in [9.17, 15) is 48.6 Å². The predicted octanol–water partition coefficient (Wildman–Crippen LogP) is -4.10. The molecule has 21 nitrogen and oxygen atoms in total. The largest absolute Gasteiger partial charge is 0.480 e. The summed E-state index contributed by atoms with van der Waals surface area (Å²) >= 11 is 4.15. The fourth-order valence-electron chi connectivity index (χ4n) is 4.99. The molecule has 1 aromatic heterocycles. The van der Waals surface area contributed by atoms with Crippen molar-refractivity contribution in [2.45, 2.75) is 115 Å². The van der Waals surface area contributed by atoms with E-state index in [1.807, 2.05) is 0 Å². The number of nitrogens with one attached hydrogen (secondary N) is 7. The number of aliphatic carboxylic acids is 1. The van der Waals surface area contributed by atoms with Crippen molar-refractivity contribution in [3.05, 3.63) is 18.2 Å². The highest BCUT2D eigenvalue weighted by molar-refractivity contribution is 7.80. The van der Waals surface area contributed by atoms with Crippen LogP contribution in [0.4, 0.5) is 0 Å². The number of carbonyl (C=O) groups excluding carboxylic acids is 7. The summed E-state index contributed by atoms with van der Waals surface area (Å²) in [5.74, 6) is -8.90. The Labute approximate surface area is 324 Å². The number of thiol groups is 1. The molecule has 0 bridgehead atoms. The van der Waals surface area contributed by atoms with Crippen LogP contribution in [-0.4, -0.2) is 128 Å². The highest BCUT2D eigenvalue weighted by Crippen LogP contribution is 2.09. The number of H-pyrrole nitrogens is 1. The van der Waals surface area contributed by atoms with Crippen molar-refractivity contribution >= 4 is 59.9 Å². The minimum atomic E-state index is -1.65. The molecule has 0 radical (unpaired) electrons. The number of rotatable bonds is 25. The van der Waals surface area contributed by atoms with Crippen LogP contribution in [0.25, 0.3) is 0 Å². The number of hydrogen-bond donors (Lipinski definition) is 13. The smallest absolute Gasteiger partial charge is 0.326 e. The molecule has 310 valence electrons. The van der Waals surface area contributed by atoms with E-state index in [0.717, 1.165) is 0 Å². The summed E-state index contributed by atoms with van der Waals surface area (Å²) in [4.78, 5) is 110. The van der Waals surface area contributed by atoms with Gasteiger partial charge in [0, 0.05) is 24.1 Å². The molecular weight excluding hydrogens is 742 g/mol. The number of unbranched alkanes of at least 4 members (excludes halogenated alkanes) is 1. The van der Waals surface area contributed by atoms with E-state index in [2.05, 4.69) is 54.5 Å². The van der Waals surface area contributed by atoms with E-state index >= 15 is 0 Å². The third-order valence-corrected chi connectivity index (χ3v) is 8.72. The highest BCUT2D eigenvalue weighted by Gasteiger charge is 2.35. The van der Waals surface area contributed by atoms with Crippen LogP contribution in [0.3, 0.4) is 0 Å². The molecule has 1 rings (SSSR count). The molecule has 15 N–H and O–H groups in total. The number of carboxylic acids is 1. The van der Waals surface area contributed by atoms with Crippen LogP contribution in [0.5, 0.6) is 0 Å². The van der Waals surface area contributed by atoms with Crippen LogP contribution in [0.2, 0.25) is 0 Å². The first-order valence-corrected chi connectivity index (χ1v) is 18.4. The number of nitrogens with zero attached hydrogens (tertiary/aromatic N) is 1. The standard InChI is InChI=1S/C33H57N11O10S/c1-15(2)24(36)30(50)44-26(17(5)45)32(52)41-20(10-18-12-37-14-38-18)27(47)42-22(13-55)29(49)40-21(11-23(35)46)28(48)43-25(16(3)4)31(51)39-19(33(53)54)8-6-7-9-34/h12,14-17,19-22,24-26,45,55H,6-11,13,34,36H2,1-5H3,(H2,35,46)(H,37,38)(H,39,51)(H,40,49)(H,41,52)(H,42,47)(H,43,48)(H,44,50)(H,53,54)/t17-,19+,20+,21+,22+,24+,25+,26+/m1/s1. The van der Waals surface area contributed by atoms with E-state index < -0.39 is 108 Å². The average molecular weight is 800 g/mol. The number of imidazole rings is 1. The van der Waals surface area contributed by atoms with E-state index in [-0.39, 0.29) is 24.5 Å². The summed E-state index contributed by atoms with van der Waals surface area (Å²) in [6.45, 7) is 8.13. The van der Waals surface area contributed by atoms with Crippen molar-refractivity contribution in [1.82, 2.24) is 41.9 Å². The number of carboxylic acid groups (broad SMARTS) is 1. The van der Waals surface area contributed by atoms with E-state index in [4.69, 9.17) is 17.2 Å². The van der Waals surface area contributed by atoms with E-state index in [1.54, 1.807) is 27.7 Å². The molecule has 0 aromatic carbocycles. The van der Waals surface area contributed by atoms with Crippen LogP contribution >= 0.6 is 12.6 Å². The Morgan fingerprint density at radius 1 is 0.745 bits per heavy atom. The Bertz CT molecular complexity index is 1460. The van der Waals surface area contributed by atoms with E-state index in [1.165, 1.54) is 19.4 Å². The minimum Gasteiger partial charge on any atom is -0.480 e. The number of primary amides is 1. The van der Waals surface area contributed by atoms with Gasteiger partial charge < -0.3 is 64.3 Å². The molecule has 0 aliphatic carbocycles. The molecule has 1 heterocycles. The summed E-state index contributed by atoms with van der Waals surface area (Å²) in [5, 5.41) is 34.3. The van der Waals surface area contributed by atoms with Crippen molar-refractivity contribution in [1.29, 1.82) is 0 Å². The molecule has 0 spiro atoms. The lowest BCUT2D eigenvalue weighted by atomic mass is 10.0. The van der Waals surface area contributed by atoms with Gasteiger partial charge in [0.2, 0.25) is 41.4 Å². The zero-order valence-electron chi connectivity index (χ0n) is 31.7. The number of amides is 7. The molecule has 1 aromatic rings. The molecule has 22 heteroatoms. The highest BCUT2D eigenvalue weighted by atomic mass is 32.1. The number of carbonyl (C=O) groups is 8. The first-order valence-electron chi connectivity index (χ1n) is 17.8. The van der Waals surface area contributed by atoms with Crippen LogP contribution in [0.15, 0.2) is 12.5 Å². The molecule has 55 heavy (non-hydrogen) atoms. The van der Waals surface area contributed by atoms with Crippen LogP contribution in [0.1, 0.15) is 66.0 Å². The predicted molar refractivity (Wildman–Crippen MR) is 201 cm³/mol. The SMILES string of the molecule is CC(C)[C@H](N)C(=O)N[C@H](C(=O)N[C@@H](Cc1cnc[nH]1)C(=O)N[C@@H](CS)C(=O)N[C@@H](CC(N)=O)C(=O)N[C@H](C(=O)N[C@@H](CCCCN)C(=O)O)C(C)C)[C@@H](C)O. The van der Waals surface area contributed by atoms with Gasteiger partial charge in [0.05, 0.1) is 24.9 Å². The zero-order chi connectivity index (χ0) is 42.0. The Hall–Kier alpha value is -4.80.